The summed E-state index contributed by atoms with van der Waals surface area (Å²) in [7, 11) is 0. The average Bonchev–Trinajstić information content (AvgIpc) is 2.37. The van der Waals surface area contributed by atoms with Crippen LogP contribution in [0.3, 0.4) is 0 Å². The van der Waals surface area contributed by atoms with E-state index in [9.17, 15) is 0 Å². The predicted octanol–water partition coefficient (Wildman–Crippen LogP) is 3.35. The summed E-state index contributed by atoms with van der Waals surface area (Å²) in [6.45, 7) is 4.81. The van der Waals surface area contributed by atoms with Crippen molar-refractivity contribution in [3.63, 3.8) is 0 Å². The third-order valence-electron chi connectivity index (χ3n) is 2.92. The Balaban J connectivity index is 2.63. The van der Waals surface area contributed by atoms with Gasteiger partial charge in [-0.15, -0.1) is 0 Å². The quantitative estimate of drug-likeness (QED) is 0.701. The lowest BCUT2D eigenvalue weighted by Crippen LogP contribution is -2.04. The number of aliphatic hydroxyl groups is 1. The molecule has 0 unspecified atom stereocenters. The second kappa shape index (κ2) is 8.13. The van der Waals surface area contributed by atoms with Crippen molar-refractivity contribution in [2.45, 2.75) is 46.0 Å². The summed E-state index contributed by atoms with van der Waals surface area (Å²) in [4.78, 5) is 0. The SMILES string of the molecule is CCCCCc1ccc(OCCO)c(CC)c1. The van der Waals surface area contributed by atoms with Gasteiger partial charge in [0.1, 0.15) is 12.4 Å². The number of hydrogen-bond acceptors (Lipinski definition) is 2. The van der Waals surface area contributed by atoms with Crippen LogP contribution in [0.4, 0.5) is 0 Å². The molecule has 1 rings (SSSR count). The minimum absolute atomic E-state index is 0.0708. The van der Waals surface area contributed by atoms with Gasteiger partial charge in [-0.2, -0.15) is 0 Å². The molecule has 0 aliphatic rings. The van der Waals surface area contributed by atoms with Crippen molar-refractivity contribution in [2.24, 2.45) is 0 Å². The van der Waals surface area contributed by atoms with E-state index in [1.54, 1.807) is 0 Å². The fourth-order valence-electron chi connectivity index (χ4n) is 1.94. The van der Waals surface area contributed by atoms with Crippen molar-refractivity contribution in [1.29, 1.82) is 0 Å². The van der Waals surface area contributed by atoms with Crippen LogP contribution in [0.1, 0.15) is 44.2 Å². The summed E-state index contributed by atoms with van der Waals surface area (Å²) in [5.41, 5.74) is 2.64. The standard InChI is InChI=1S/C15H24O2/c1-3-5-6-7-13-8-9-15(17-11-10-16)14(4-2)12-13/h8-9,12,16H,3-7,10-11H2,1-2H3. The minimum atomic E-state index is 0.0708. The molecule has 0 bridgehead atoms. The first-order chi connectivity index (χ1) is 8.31. The molecule has 1 aromatic rings. The molecule has 17 heavy (non-hydrogen) atoms. The molecule has 0 saturated carbocycles. The topological polar surface area (TPSA) is 29.5 Å². The zero-order valence-corrected chi connectivity index (χ0v) is 11.0. The highest BCUT2D eigenvalue weighted by Gasteiger charge is 2.03. The van der Waals surface area contributed by atoms with Gasteiger partial charge in [0.2, 0.25) is 0 Å². The zero-order chi connectivity index (χ0) is 12.5. The Bertz CT molecular complexity index is 321. The molecule has 0 aromatic heterocycles. The van der Waals surface area contributed by atoms with Gasteiger partial charge in [0, 0.05) is 0 Å². The van der Waals surface area contributed by atoms with Crippen molar-refractivity contribution in [3.05, 3.63) is 29.3 Å². The zero-order valence-electron chi connectivity index (χ0n) is 11.0. The monoisotopic (exact) mass is 236 g/mol. The molecule has 96 valence electrons. The van der Waals surface area contributed by atoms with Crippen LogP contribution in [0.5, 0.6) is 5.75 Å². The van der Waals surface area contributed by atoms with Crippen LogP contribution in [-0.4, -0.2) is 18.3 Å². The normalized spacial score (nSPS) is 10.5. The van der Waals surface area contributed by atoms with Gasteiger partial charge in [0.25, 0.3) is 0 Å². The van der Waals surface area contributed by atoms with Gasteiger partial charge in [-0.25, -0.2) is 0 Å². The summed E-state index contributed by atoms with van der Waals surface area (Å²) in [6, 6.07) is 6.42. The summed E-state index contributed by atoms with van der Waals surface area (Å²) >= 11 is 0. The Labute approximate surface area is 105 Å². The van der Waals surface area contributed by atoms with Crippen molar-refractivity contribution in [3.8, 4) is 5.75 Å². The first-order valence-corrected chi connectivity index (χ1v) is 6.67. The maximum atomic E-state index is 8.76. The van der Waals surface area contributed by atoms with Gasteiger partial charge >= 0.3 is 0 Å². The summed E-state index contributed by atoms with van der Waals surface area (Å²) in [5.74, 6) is 0.917. The molecule has 0 spiro atoms. The second-order valence-electron chi connectivity index (χ2n) is 4.32. The maximum Gasteiger partial charge on any atom is 0.122 e. The molecule has 0 fully saturated rings. The van der Waals surface area contributed by atoms with Gasteiger partial charge in [0.15, 0.2) is 0 Å². The van der Waals surface area contributed by atoms with E-state index in [1.807, 2.05) is 6.07 Å². The van der Waals surface area contributed by atoms with Gasteiger partial charge in [0.05, 0.1) is 6.61 Å². The first-order valence-electron chi connectivity index (χ1n) is 6.67. The third kappa shape index (κ3) is 4.78. The number of aliphatic hydroxyl groups excluding tert-OH is 1. The van der Waals surface area contributed by atoms with Crippen molar-refractivity contribution in [2.75, 3.05) is 13.2 Å². The average molecular weight is 236 g/mol. The van der Waals surface area contributed by atoms with Crippen LogP contribution in [0.15, 0.2) is 18.2 Å². The Hall–Kier alpha value is -1.02. The Kier molecular flexibility index (Phi) is 6.71. The lowest BCUT2D eigenvalue weighted by Gasteiger charge is -2.11. The number of unbranched alkanes of at least 4 members (excludes halogenated alkanes) is 2. The van der Waals surface area contributed by atoms with E-state index < -0.39 is 0 Å². The Morgan fingerprint density at radius 2 is 2.00 bits per heavy atom. The van der Waals surface area contributed by atoms with Gasteiger partial charge < -0.3 is 9.84 Å². The van der Waals surface area contributed by atoms with Crippen LogP contribution >= 0.6 is 0 Å². The van der Waals surface area contributed by atoms with Crippen LogP contribution in [0, 0.1) is 0 Å². The van der Waals surface area contributed by atoms with Crippen LogP contribution < -0.4 is 4.74 Å². The maximum absolute atomic E-state index is 8.76. The fourth-order valence-corrected chi connectivity index (χ4v) is 1.94. The molecular formula is C15H24O2. The first kappa shape index (κ1) is 14.0. The molecular weight excluding hydrogens is 212 g/mol. The third-order valence-corrected chi connectivity index (χ3v) is 2.92. The number of aryl methyl sites for hydroxylation is 2. The number of hydrogen-bond donors (Lipinski definition) is 1. The van der Waals surface area contributed by atoms with E-state index in [1.165, 1.54) is 30.4 Å². The summed E-state index contributed by atoms with van der Waals surface area (Å²) in [6.07, 6.45) is 5.95. The molecule has 0 atom stereocenters. The lowest BCUT2D eigenvalue weighted by atomic mass is 10.0. The molecule has 2 nitrogen and oxygen atoms in total. The molecule has 0 heterocycles. The van der Waals surface area contributed by atoms with E-state index >= 15 is 0 Å². The molecule has 2 heteroatoms. The Morgan fingerprint density at radius 3 is 2.65 bits per heavy atom. The van der Waals surface area contributed by atoms with E-state index in [0.717, 1.165) is 18.6 Å². The number of ether oxygens (including phenoxy) is 1. The van der Waals surface area contributed by atoms with E-state index in [-0.39, 0.29) is 6.61 Å². The number of rotatable bonds is 8. The van der Waals surface area contributed by atoms with Gasteiger partial charge in [-0.3, -0.25) is 0 Å². The van der Waals surface area contributed by atoms with Crippen molar-refractivity contribution >= 4 is 0 Å². The van der Waals surface area contributed by atoms with E-state index in [0.29, 0.717) is 6.61 Å². The molecule has 0 aliphatic carbocycles. The highest BCUT2D eigenvalue weighted by atomic mass is 16.5. The van der Waals surface area contributed by atoms with E-state index in [2.05, 4.69) is 26.0 Å². The van der Waals surface area contributed by atoms with Gasteiger partial charge in [-0.05, 0) is 36.5 Å². The highest BCUT2D eigenvalue weighted by molar-refractivity contribution is 5.37. The Morgan fingerprint density at radius 1 is 1.18 bits per heavy atom. The molecule has 0 amide bonds. The predicted molar refractivity (Wildman–Crippen MR) is 71.6 cm³/mol. The van der Waals surface area contributed by atoms with Gasteiger partial charge in [-0.1, -0.05) is 38.8 Å². The number of benzene rings is 1. The summed E-state index contributed by atoms with van der Waals surface area (Å²) < 4.78 is 5.51. The lowest BCUT2D eigenvalue weighted by molar-refractivity contribution is 0.200. The van der Waals surface area contributed by atoms with Crippen LogP contribution in [0.25, 0.3) is 0 Å². The largest absolute Gasteiger partial charge is 0.491 e. The fraction of sp³-hybridized carbons (Fsp3) is 0.600. The van der Waals surface area contributed by atoms with E-state index in [4.69, 9.17) is 9.84 Å². The summed E-state index contributed by atoms with van der Waals surface area (Å²) in [5, 5.41) is 8.76. The van der Waals surface area contributed by atoms with Crippen LogP contribution in [0.2, 0.25) is 0 Å². The molecule has 1 N–H and O–H groups in total. The second-order valence-corrected chi connectivity index (χ2v) is 4.32. The molecule has 0 radical (unpaired) electrons. The minimum Gasteiger partial charge on any atom is -0.491 e. The molecule has 0 saturated heterocycles. The highest BCUT2D eigenvalue weighted by Crippen LogP contribution is 2.21. The smallest absolute Gasteiger partial charge is 0.122 e. The van der Waals surface area contributed by atoms with Crippen molar-refractivity contribution < 1.29 is 9.84 Å². The molecule has 1 aromatic carbocycles. The molecule has 0 aliphatic heterocycles. The van der Waals surface area contributed by atoms with Crippen LogP contribution in [-0.2, 0) is 12.8 Å². The van der Waals surface area contributed by atoms with Crippen molar-refractivity contribution in [1.82, 2.24) is 0 Å².